The topological polar surface area (TPSA) is 93.9 Å². The number of terminal acetylenes is 1. The Morgan fingerprint density at radius 2 is 2.09 bits per heavy atom. The van der Waals surface area contributed by atoms with Crippen LogP contribution < -0.4 is 14.8 Å². The van der Waals surface area contributed by atoms with Crippen molar-refractivity contribution in [2.45, 2.75) is 43.3 Å². The lowest BCUT2D eigenvalue weighted by Gasteiger charge is -2.32. The molecule has 8 heteroatoms. The summed E-state index contributed by atoms with van der Waals surface area (Å²) in [6, 6.07) is 11.4. The number of carbonyl (C=O) groups is 1. The molecule has 0 bridgehead atoms. The fraction of sp³-hybridized carbons (Fsp3) is 0.400. The van der Waals surface area contributed by atoms with Crippen molar-refractivity contribution in [1.82, 2.24) is 4.90 Å². The summed E-state index contributed by atoms with van der Waals surface area (Å²) in [6.07, 6.45) is 6.99. The number of para-hydroxylation sites is 1. The molecule has 0 aliphatic carbocycles. The number of nitrogens with one attached hydrogen (secondary N) is 1. The number of rotatable bonds is 6. The fourth-order valence-electron chi connectivity index (χ4n) is 6.01. The van der Waals surface area contributed by atoms with E-state index in [1.54, 1.807) is 6.07 Å². The van der Waals surface area contributed by atoms with Crippen LogP contribution in [0.4, 0.5) is 5.69 Å². The molecule has 1 N–H and O–H groups in total. The molecule has 8 nitrogen and oxygen atoms in total. The SMILES string of the molecule is C#CCOc1ccc([C@H]2[C@H]([N+](=O)[O-])[C@]3(C(=O)Nc4ccccc43)N3CCC[C@@H]23)cc1OCC. The lowest BCUT2D eigenvalue weighted by atomic mass is 9.77. The van der Waals surface area contributed by atoms with Crippen LogP contribution in [0.1, 0.15) is 36.8 Å². The molecule has 1 spiro atoms. The van der Waals surface area contributed by atoms with E-state index in [4.69, 9.17) is 15.9 Å². The van der Waals surface area contributed by atoms with Crippen LogP contribution in [-0.4, -0.2) is 47.6 Å². The highest BCUT2D eigenvalue weighted by Gasteiger charge is 2.73. The third-order valence-corrected chi connectivity index (χ3v) is 7.06. The van der Waals surface area contributed by atoms with Crippen LogP contribution >= 0.6 is 0 Å². The maximum Gasteiger partial charge on any atom is 0.256 e. The van der Waals surface area contributed by atoms with E-state index in [1.807, 2.05) is 43.3 Å². The van der Waals surface area contributed by atoms with Gasteiger partial charge in [0.25, 0.3) is 11.9 Å². The third kappa shape index (κ3) is 3.00. The van der Waals surface area contributed by atoms with Gasteiger partial charge in [0.15, 0.2) is 17.0 Å². The fourth-order valence-corrected chi connectivity index (χ4v) is 6.01. The van der Waals surface area contributed by atoms with Crippen molar-refractivity contribution >= 4 is 11.6 Å². The van der Waals surface area contributed by atoms with Crippen LogP contribution in [0.3, 0.4) is 0 Å². The molecule has 2 saturated heterocycles. The molecule has 3 aliphatic heterocycles. The molecular formula is C25H25N3O5. The zero-order valence-corrected chi connectivity index (χ0v) is 18.3. The van der Waals surface area contributed by atoms with Gasteiger partial charge >= 0.3 is 0 Å². The summed E-state index contributed by atoms with van der Waals surface area (Å²) in [7, 11) is 0. The smallest absolute Gasteiger partial charge is 0.256 e. The Hall–Kier alpha value is -3.57. The highest BCUT2D eigenvalue weighted by molar-refractivity contribution is 6.07. The summed E-state index contributed by atoms with van der Waals surface area (Å²) in [5.74, 6) is 2.62. The molecule has 0 saturated carbocycles. The summed E-state index contributed by atoms with van der Waals surface area (Å²) in [5, 5.41) is 15.6. The highest BCUT2D eigenvalue weighted by Crippen LogP contribution is 2.58. The number of amides is 1. The van der Waals surface area contributed by atoms with Crippen LogP contribution in [0.25, 0.3) is 0 Å². The lowest BCUT2D eigenvalue weighted by molar-refractivity contribution is -0.534. The lowest BCUT2D eigenvalue weighted by Crippen LogP contribution is -2.55. The number of hydrogen-bond acceptors (Lipinski definition) is 6. The summed E-state index contributed by atoms with van der Waals surface area (Å²) in [5.41, 5.74) is 0.758. The van der Waals surface area contributed by atoms with Crippen molar-refractivity contribution in [3.63, 3.8) is 0 Å². The van der Waals surface area contributed by atoms with Gasteiger partial charge in [-0.1, -0.05) is 30.2 Å². The molecule has 0 unspecified atom stereocenters. The van der Waals surface area contributed by atoms with Crippen molar-refractivity contribution in [2.75, 3.05) is 25.1 Å². The van der Waals surface area contributed by atoms with E-state index in [2.05, 4.69) is 16.1 Å². The van der Waals surface area contributed by atoms with Gasteiger partial charge < -0.3 is 14.8 Å². The van der Waals surface area contributed by atoms with Gasteiger partial charge in [-0.2, -0.15) is 0 Å². The van der Waals surface area contributed by atoms with Crippen molar-refractivity contribution in [3.8, 4) is 23.8 Å². The number of hydrogen-bond donors (Lipinski definition) is 1. The molecule has 5 rings (SSSR count). The number of anilines is 1. The Morgan fingerprint density at radius 1 is 1.27 bits per heavy atom. The normalized spacial score (nSPS) is 27.6. The minimum atomic E-state index is -1.34. The molecule has 2 aromatic carbocycles. The maximum atomic E-state index is 13.5. The predicted octanol–water partition coefficient (Wildman–Crippen LogP) is 3.15. The minimum absolute atomic E-state index is 0.0941. The summed E-state index contributed by atoms with van der Waals surface area (Å²) < 4.78 is 11.4. The van der Waals surface area contributed by atoms with E-state index in [-0.39, 0.29) is 23.5 Å². The number of ether oxygens (including phenoxy) is 2. The van der Waals surface area contributed by atoms with E-state index in [0.717, 1.165) is 18.4 Å². The molecule has 4 atom stereocenters. The molecule has 0 radical (unpaired) electrons. The van der Waals surface area contributed by atoms with Gasteiger partial charge in [0.1, 0.15) is 6.61 Å². The Kier molecular flexibility index (Phi) is 5.22. The highest BCUT2D eigenvalue weighted by atomic mass is 16.6. The molecule has 3 heterocycles. The Bertz CT molecular complexity index is 1160. The molecule has 2 aromatic rings. The Balaban J connectivity index is 1.66. The quantitative estimate of drug-likeness (QED) is 0.415. The number of carbonyl (C=O) groups excluding carboxylic acids is 1. The van der Waals surface area contributed by atoms with Crippen LogP contribution in [0, 0.1) is 22.5 Å². The summed E-state index contributed by atoms with van der Waals surface area (Å²) >= 11 is 0. The van der Waals surface area contributed by atoms with Gasteiger partial charge in [0.2, 0.25) is 0 Å². The van der Waals surface area contributed by atoms with Gasteiger partial charge in [-0.15, -0.1) is 6.42 Å². The molecule has 1 amide bonds. The second-order valence-electron chi connectivity index (χ2n) is 8.56. The number of benzene rings is 2. The molecule has 0 aromatic heterocycles. The van der Waals surface area contributed by atoms with Crippen LogP contribution in [0.15, 0.2) is 42.5 Å². The van der Waals surface area contributed by atoms with Gasteiger partial charge in [-0.25, -0.2) is 0 Å². The van der Waals surface area contributed by atoms with Gasteiger partial charge in [-0.3, -0.25) is 19.8 Å². The molecule has 170 valence electrons. The molecule has 3 aliphatic rings. The third-order valence-electron chi connectivity index (χ3n) is 7.06. The standard InChI is InChI=1S/C25H25N3O5/c1-3-14-33-20-12-11-16(15-21(20)32-4-2)22-19-10-7-13-27(19)25(23(22)28(30)31)17-8-5-6-9-18(17)26-24(25)29/h1,5-6,8-9,11-12,15,19,22-23H,4,7,10,13-14H2,2H3,(H,26,29)/t19-,22+,23-,25+/m0/s1. The van der Waals surface area contributed by atoms with Crippen LogP contribution in [0.2, 0.25) is 0 Å². The summed E-state index contributed by atoms with van der Waals surface area (Å²) in [4.78, 5) is 28.0. The van der Waals surface area contributed by atoms with E-state index in [1.165, 1.54) is 0 Å². The Morgan fingerprint density at radius 3 is 2.85 bits per heavy atom. The molecular weight excluding hydrogens is 422 g/mol. The monoisotopic (exact) mass is 447 g/mol. The molecule has 33 heavy (non-hydrogen) atoms. The summed E-state index contributed by atoms with van der Waals surface area (Å²) in [6.45, 7) is 3.00. The van der Waals surface area contributed by atoms with Gasteiger partial charge in [0.05, 0.1) is 12.5 Å². The van der Waals surface area contributed by atoms with Gasteiger partial charge in [0, 0.05) is 28.8 Å². The van der Waals surface area contributed by atoms with Crippen molar-refractivity contribution in [2.24, 2.45) is 0 Å². The van der Waals surface area contributed by atoms with Crippen LogP contribution in [0.5, 0.6) is 11.5 Å². The second-order valence-corrected chi connectivity index (χ2v) is 8.56. The molecule has 2 fully saturated rings. The average molecular weight is 447 g/mol. The van der Waals surface area contributed by atoms with E-state index >= 15 is 0 Å². The van der Waals surface area contributed by atoms with Crippen LogP contribution in [-0.2, 0) is 10.3 Å². The first-order valence-electron chi connectivity index (χ1n) is 11.2. The maximum absolute atomic E-state index is 13.5. The van der Waals surface area contributed by atoms with E-state index < -0.39 is 17.5 Å². The second kappa shape index (κ2) is 8.09. The number of nitro groups is 1. The van der Waals surface area contributed by atoms with E-state index in [9.17, 15) is 14.9 Å². The Labute approximate surface area is 192 Å². The first-order valence-corrected chi connectivity index (χ1v) is 11.2. The first kappa shape index (κ1) is 21.3. The van der Waals surface area contributed by atoms with Gasteiger partial charge in [-0.05, 0) is 43.5 Å². The first-order chi connectivity index (χ1) is 16.0. The average Bonchev–Trinajstić information content (AvgIpc) is 3.46. The van der Waals surface area contributed by atoms with Crippen molar-refractivity contribution in [1.29, 1.82) is 0 Å². The zero-order chi connectivity index (χ0) is 23.2. The number of fused-ring (bicyclic) bond motifs is 4. The van der Waals surface area contributed by atoms with E-state index in [0.29, 0.717) is 35.9 Å². The van der Waals surface area contributed by atoms with Crippen molar-refractivity contribution in [3.05, 3.63) is 63.7 Å². The van der Waals surface area contributed by atoms with Crippen molar-refractivity contribution < 1.29 is 19.2 Å². The largest absolute Gasteiger partial charge is 0.490 e. The minimum Gasteiger partial charge on any atom is -0.490 e. The predicted molar refractivity (Wildman–Crippen MR) is 122 cm³/mol. The number of nitrogens with zero attached hydrogens (tertiary/aromatic N) is 2. The zero-order valence-electron chi connectivity index (χ0n) is 18.3.